The first-order valence-electron chi connectivity index (χ1n) is 12.0. The van der Waals surface area contributed by atoms with Crippen molar-refractivity contribution in [2.45, 2.75) is 44.2 Å². The number of nitrogens with one attached hydrogen (secondary N) is 1. The van der Waals surface area contributed by atoms with Gasteiger partial charge in [-0.05, 0) is 61.3 Å². The Labute approximate surface area is 210 Å². The Balaban J connectivity index is 1.55. The van der Waals surface area contributed by atoms with Crippen molar-refractivity contribution >= 4 is 16.0 Å². The Kier molecular flexibility index (Phi) is 5.33. The van der Waals surface area contributed by atoms with Crippen LogP contribution in [0.15, 0.2) is 59.6 Å². The Bertz CT molecular complexity index is 1570. The van der Waals surface area contributed by atoms with Crippen molar-refractivity contribution in [2.24, 2.45) is 13.0 Å². The maximum Gasteiger partial charge on any atom is 0.283 e. The lowest BCUT2D eigenvalue weighted by atomic mass is 9.80. The van der Waals surface area contributed by atoms with E-state index in [2.05, 4.69) is 31.9 Å². The first-order valence-corrected chi connectivity index (χ1v) is 13.5. The van der Waals surface area contributed by atoms with Gasteiger partial charge in [-0.2, -0.15) is 18.5 Å². The number of benzene rings is 2. The summed E-state index contributed by atoms with van der Waals surface area (Å²) < 4.78 is 37.3. The molecule has 0 saturated heterocycles. The summed E-state index contributed by atoms with van der Waals surface area (Å²) in [5.41, 5.74) is 6.84. The molecule has 0 radical (unpaired) electrons. The molecule has 1 aliphatic heterocycles. The maximum absolute atomic E-state index is 13.3. The highest BCUT2D eigenvalue weighted by atomic mass is 32.2. The molecular formula is C27H27N5O3S. The zero-order valence-electron chi connectivity index (χ0n) is 20.4. The summed E-state index contributed by atoms with van der Waals surface area (Å²) in [6.45, 7) is 4.02. The van der Waals surface area contributed by atoms with Crippen molar-refractivity contribution < 1.29 is 13.2 Å². The van der Waals surface area contributed by atoms with Crippen LogP contribution in [-0.4, -0.2) is 28.2 Å². The zero-order chi connectivity index (χ0) is 25.0. The van der Waals surface area contributed by atoms with Crippen molar-refractivity contribution in [2.75, 3.05) is 4.72 Å². The van der Waals surface area contributed by atoms with E-state index in [1.54, 1.807) is 23.9 Å². The third kappa shape index (κ3) is 4.03. The van der Waals surface area contributed by atoms with E-state index in [0.29, 0.717) is 18.0 Å². The number of hydrogen-bond donors (Lipinski definition) is 1. The molecule has 2 aromatic carbocycles. The second-order valence-electron chi connectivity index (χ2n) is 9.70. The van der Waals surface area contributed by atoms with Crippen LogP contribution in [0.25, 0.3) is 11.3 Å². The minimum absolute atomic E-state index is 0.0442. The Morgan fingerprint density at radius 3 is 2.58 bits per heavy atom. The summed E-state index contributed by atoms with van der Waals surface area (Å²) in [5, 5.41) is 4.26. The molecule has 2 aromatic heterocycles. The molecule has 36 heavy (non-hydrogen) atoms. The van der Waals surface area contributed by atoms with Gasteiger partial charge in [0.2, 0.25) is 11.8 Å². The molecule has 8 nitrogen and oxygen atoms in total. The van der Waals surface area contributed by atoms with Gasteiger partial charge in [-0.1, -0.05) is 42.5 Å². The van der Waals surface area contributed by atoms with Crippen LogP contribution in [0.4, 0.5) is 5.95 Å². The fourth-order valence-corrected chi connectivity index (χ4v) is 6.37. The molecule has 1 unspecified atom stereocenters. The number of anilines is 1. The third-order valence-electron chi connectivity index (χ3n) is 7.11. The lowest BCUT2D eigenvalue weighted by Gasteiger charge is -2.31. The predicted molar refractivity (Wildman–Crippen MR) is 136 cm³/mol. The van der Waals surface area contributed by atoms with Crippen molar-refractivity contribution in [3.8, 4) is 17.1 Å². The van der Waals surface area contributed by atoms with E-state index in [-0.39, 0.29) is 23.0 Å². The van der Waals surface area contributed by atoms with Gasteiger partial charge in [-0.15, -0.1) is 0 Å². The van der Waals surface area contributed by atoms with E-state index in [1.807, 2.05) is 44.2 Å². The second-order valence-corrected chi connectivity index (χ2v) is 11.3. The molecule has 0 saturated carbocycles. The van der Waals surface area contributed by atoms with E-state index >= 15 is 0 Å². The van der Waals surface area contributed by atoms with Crippen LogP contribution in [0.1, 0.15) is 40.5 Å². The minimum Gasteiger partial charge on any atom is -0.469 e. The molecule has 0 amide bonds. The predicted octanol–water partition coefficient (Wildman–Crippen LogP) is 4.53. The SMILES string of the molecule is Cc1cccc(C)c1-c1cc2nc(n1)NS(=O)(=O)c1cc(n(C)n1)CC1Cc3ccccc3[C@H](C1)O2. The molecule has 4 aromatic rings. The van der Waals surface area contributed by atoms with Gasteiger partial charge < -0.3 is 4.74 Å². The molecule has 0 spiro atoms. The van der Waals surface area contributed by atoms with E-state index in [1.165, 1.54) is 5.56 Å². The topological polar surface area (TPSA) is 99.0 Å². The van der Waals surface area contributed by atoms with Crippen molar-refractivity contribution in [1.29, 1.82) is 0 Å². The molecule has 0 fully saturated rings. The average molecular weight is 502 g/mol. The molecule has 3 heterocycles. The standard InChI is InChI=1S/C27H27N5O3S/c1-16-7-6-8-17(2)26(16)22-15-24-29-27(28-22)31-36(33,34)25-14-20(32(3)30-25)12-18-11-19-9-4-5-10-21(19)23(13-18)35-24/h4-10,14-15,18,23H,11-13H2,1-3H3,(H,28,29,31)/t18?,23-/m0/s1. The fraction of sp³-hybridized carbons (Fsp3) is 0.296. The molecule has 2 atom stereocenters. The molecule has 6 rings (SSSR count). The first-order chi connectivity index (χ1) is 17.3. The average Bonchev–Trinajstić information content (AvgIpc) is 3.19. The first kappa shape index (κ1) is 22.7. The smallest absolute Gasteiger partial charge is 0.283 e. The summed E-state index contributed by atoms with van der Waals surface area (Å²) in [6.07, 6.45) is 2.17. The Morgan fingerprint density at radius 1 is 1.00 bits per heavy atom. The number of nitrogens with zero attached hydrogens (tertiary/aromatic N) is 4. The van der Waals surface area contributed by atoms with Gasteiger partial charge in [0.05, 0.1) is 5.69 Å². The number of sulfonamides is 1. The Hall–Kier alpha value is -3.72. The largest absolute Gasteiger partial charge is 0.469 e. The van der Waals surface area contributed by atoms with Gasteiger partial charge in [-0.25, -0.2) is 9.71 Å². The van der Waals surface area contributed by atoms with Crippen LogP contribution < -0.4 is 9.46 Å². The van der Waals surface area contributed by atoms with E-state index in [4.69, 9.17) is 4.74 Å². The molecular weight excluding hydrogens is 474 g/mol. The number of aromatic nitrogens is 4. The van der Waals surface area contributed by atoms with E-state index < -0.39 is 10.0 Å². The number of hydrogen-bond acceptors (Lipinski definition) is 6. The van der Waals surface area contributed by atoms with Crippen molar-refractivity contribution in [3.63, 3.8) is 0 Å². The van der Waals surface area contributed by atoms with Crippen LogP contribution in [0.3, 0.4) is 0 Å². The van der Waals surface area contributed by atoms with Crippen LogP contribution in [-0.2, 0) is 29.9 Å². The molecule has 1 N–H and O–H groups in total. The maximum atomic E-state index is 13.3. The Morgan fingerprint density at radius 2 is 1.78 bits per heavy atom. The van der Waals surface area contributed by atoms with Crippen LogP contribution in [0.5, 0.6) is 5.88 Å². The summed E-state index contributed by atoms with van der Waals surface area (Å²) in [5.74, 6) is 0.558. The highest BCUT2D eigenvalue weighted by molar-refractivity contribution is 7.92. The molecule has 6 bridgehead atoms. The van der Waals surface area contributed by atoms with E-state index in [0.717, 1.165) is 40.8 Å². The fourth-order valence-electron chi connectivity index (χ4n) is 5.42. The monoisotopic (exact) mass is 501 g/mol. The molecule has 9 heteroatoms. The van der Waals surface area contributed by atoms with Crippen LogP contribution >= 0.6 is 0 Å². The van der Waals surface area contributed by atoms with Crippen LogP contribution in [0.2, 0.25) is 0 Å². The highest BCUT2D eigenvalue weighted by Crippen LogP contribution is 2.39. The van der Waals surface area contributed by atoms with Gasteiger partial charge in [0.15, 0.2) is 5.03 Å². The molecule has 184 valence electrons. The van der Waals surface area contributed by atoms with Gasteiger partial charge in [-0.3, -0.25) is 4.68 Å². The summed E-state index contributed by atoms with van der Waals surface area (Å²) >= 11 is 0. The minimum atomic E-state index is -4.00. The lowest BCUT2D eigenvalue weighted by molar-refractivity contribution is 0.149. The van der Waals surface area contributed by atoms with Crippen molar-refractivity contribution in [1.82, 2.24) is 19.7 Å². The summed E-state index contributed by atoms with van der Waals surface area (Å²) in [7, 11) is -2.22. The van der Waals surface area contributed by atoms with Crippen LogP contribution in [0, 0.1) is 19.8 Å². The normalized spacial score (nSPS) is 20.1. The quantitative estimate of drug-likeness (QED) is 0.411. The van der Waals surface area contributed by atoms with Gasteiger partial charge in [0.1, 0.15) is 6.10 Å². The van der Waals surface area contributed by atoms with Gasteiger partial charge in [0, 0.05) is 30.4 Å². The number of ether oxygens (including phenoxy) is 1. The van der Waals surface area contributed by atoms with E-state index in [9.17, 15) is 8.42 Å². The van der Waals surface area contributed by atoms with Crippen molar-refractivity contribution in [3.05, 3.63) is 82.5 Å². The molecule has 2 aliphatic rings. The second kappa shape index (κ2) is 8.44. The zero-order valence-corrected chi connectivity index (χ0v) is 21.2. The number of fused-ring (bicyclic) bond motifs is 8. The highest BCUT2D eigenvalue weighted by Gasteiger charge is 2.31. The van der Waals surface area contributed by atoms with Gasteiger partial charge >= 0.3 is 0 Å². The summed E-state index contributed by atoms with van der Waals surface area (Å²) in [4.78, 5) is 9.08. The molecule has 1 aliphatic carbocycles. The lowest BCUT2D eigenvalue weighted by Crippen LogP contribution is -2.25. The number of aryl methyl sites for hydroxylation is 3. The number of rotatable bonds is 1. The third-order valence-corrected chi connectivity index (χ3v) is 8.32. The van der Waals surface area contributed by atoms with Gasteiger partial charge in [0.25, 0.3) is 10.0 Å². The summed E-state index contributed by atoms with van der Waals surface area (Å²) in [6, 6.07) is 17.8.